The zero-order valence-corrected chi connectivity index (χ0v) is 66.8. The second-order valence-electron chi connectivity index (χ2n) is 32.2. The van der Waals surface area contributed by atoms with Crippen molar-refractivity contribution >= 4 is 287 Å². The van der Waals surface area contributed by atoms with Crippen LogP contribution >= 0.6 is 34.0 Å². The molecule has 0 aliphatic rings. The number of thiophene rings is 3. The lowest BCUT2D eigenvalue weighted by molar-refractivity contribution is 0.668. The highest BCUT2D eigenvalue weighted by atomic mass is 32.1. The number of rotatable bonds is 3. The van der Waals surface area contributed by atoms with E-state index in [1.807, 2.05) is 101 Å². The van der Waals surface area contributed by atoms with Gasteiger partial charge in [0, 0.05) is 136 Å². The monoisotopic (exact) mass is 1610 g/mol. The Morgan fingerprint density at radius 3 is 1.14 bits per heavy atom. The van der Waals surface area contributed by atoms with Gasteiger partial charge in [-0.15, -0.1) is 34.0 Å². The van der Waals surface area contributed by atoms with E-state index in [1.54, 1.807) is 0 Å². The second-order valence-corrected chi connectivity index (χ2v) is 35.4. The van der Waals surface area contributed by atoms with E-state index in [9.17, 15) is 0 Å². The molecule has 0 saturated carbocycles. The molecule has 0 aliphatic heterocycles. The van der Waals surface area contributed by atoms with Crippen LogP contribution in [0, 0.1) is 0 Å². The summed E-state index contributed by atoms with van der Waals surface area (Å²) in [5.74, 6) is 0. The van der Waals surface area contributed by atoms with Gasteiger partial charge in [0.1, 0.15) is 38.9 Å². The molecule has 31 aromatic rings. The van der Waals surface area contributed by atoms with E-state index in [0.29, 0.717) is 0 Å². The normalized spacial score (nSPS) is 12.6. The predicted octanol–water partition coefficient (Wildman–Crippen LogP) is 30.2. The van der Waals surface area contributed by atoms with Crippen molar-refractivity contribution in [3.63, 3.8) is 0 Å². The zero-order chi connectivity index (χ0) is 79.0. The van der Waals surface area contributed by atoms with Crippen LogP contribution in [0.4, 0.5) is 0 Å². The summed E-state index contributed by atoms with van der Waals surface area (Å²) < 4.78 is 27.1. The van der Waals surface area contributed by atoms with E-state index in [-0.39, 0.29) is 0 Å². The molecule has 562 valence electrons. The Balaban J connectivity index is 0.0000000927. The molecule has 0 unspecified atom stereocenters. The number of benzene rings is 17. The molecule has 31 rings (SSSR count). The van der Waals surface area contributed by atoms with Crippen molar-refractivity contribution in [2.75, 3.05) is 0 Å². The van der Waals surface area contributed by atoms with Crippen LogP contribution in [-0.4, -0.2) is 43.1 Å². The molecule has 14 aromatic heterocycles. The van der Waals surface area contributed by atoms with Gasteiger partial charge in [-0.1, -0.05) is 212 Å². The van der Waals surface area contributed by atoms with Crippen LogP contribution in [0.25, 0.3) is 286 Å². The summed E-state index contributed by atoms with van der Waals surface area (Å²) in [5, 5.41) is 23.5. The molecule has 0 radical (unpaired) electrons. The Labute approximate surface area is 700 Å². The number of aromatic nitrogens is 9. The maximum atomic E-state index is 6.18. The molecule has 0 atom stereocenters. The summed E-state index contributed by atoms with van der Waals surface area (Å²) in [6.07, 6.45) is 0. The SMILES string of the molecule is c1ccc(-c2ccc3c(c2)sc2cc4c5nc6ccccc6nc5n5c6ccccc6c(c23)c45)cc1.c1ccc2nc3c(nc2c1)c1cc2sc4ccccc4c2c2c4ccc(-c5ccc6oc7ccccc7c6c5)cc4n3c12.c1ccc2nc3c(nc2c1)c1cc2sc4ccccc4c2c2c4cccc(-c5ccc6oc7ccccc7c6c5)c4n3c12. The van der Waals surface area contributed by atoms with Crippen molar-refractivity contribution in [3.8, 4) is 33.4 Å². The average molecular weight is 1610 g/mol. The lowest BCUT2D eigenvalue weighted by Gasteiger charge is -2.07. The summed E-state index contributed by atoms with van der Waals surface area (Å²) in [7, 11) is 0. The molecule has 0 N–H and O–H groups in total. The molecular weight excluding hydrogens is 1550 g/mol. The minimum Gasteiger partial charge on any atom is -0.456 e. The Hall–Kier alpha value is -15.6. The zero-order valence-electron chi connectivity index (χ0n) is 64.3. The fourth-order valence-corrected chi connectivity index (χ4v) is 24.0. The van der Waals surface area contributed by atoms with Crippen molar-refractivity contribution in [2.24, 2.45) is 0 Å². The second kappa shape index (κ2) is 24.1. The van der Waals surface area contributed by atoms with Crippen molar-refractivity contribution in [2.45, 2.75) is 0 Å². The van der Waals surface area contributed by atoms with E-state index >= 15 is 0 Å². The van der Waals surface area contributed by atoms with Gasteiger partial charge in [-0.2, -0.15) is 0 Å². The predicted molar refractivity (Wildman–Crippen MR) is 512 cm³/mol. The summed E-state index contributed by atoms with van der Waals surface area (Å²) in [6.45, 7) is 0. The summed E-state index contributed by atoms with van der Waals surface area (Å²) in [4.78, 5) is 31.1. The Morgan fingerprint density at radius 1 is 0.197 bits per heavy atom. The molecule has 14 heterocycles. The van der Waals surface area contributed by atoms with Crippen LogP contribution < -0.4 is 0 Å². The number of nitrogens with zero attached hydrogens (tertiary/aromatic N) is 9. The first-order chi connectivity index (χ1) is 60.5. The quantitative estimate of drug-likeness (QED) is 0.172. The van der Waals surface area contributed by atoms with Gasteiger partial charge >= 0.3 is 0 Å². The third-order valence-corrected chi connectivity index (χ3v) is 29.0. The maximum Gasteiger partial charge on any atom is 0.165 e. The number of hydrogen-bond acceptors (Lipinski definition) is 11. The molecule has 14 heteroatoms. The van der Waals surface area contributed by atoms with Gasteiger partial charge in [-0.25, -0.2) is 29.9 Å². The summed E-state index contributed by atoms with van der Waals surface area (Å²) in [5.41, 5.74) is 29.0. The maximum absolute atomic E-state index is 6.18. The van der Waals surface area contributed by atoms with Crippen LogP contribution in [0.1, 0.15) is 0 Å². The topological polar surface area (TPSA) is 117 Å². The van der Waals surface area contributed by atoms with Gasteiger partial charge in [0.2, 0.25) is 0 Å². The molecule has 0 fully saturated rings. The minimum atomic E-state index is 0.901. The molecular formula is C108H55N9O2S3. The highest BCUT2D eigenvalue weighted by molar-refractivity contribution is 7.27. The van der Waals surface area contributed by atoms with Crippen LogP contribution in [0.15, 0.2) is 342 Å². The fraction of sp³-hybridized carbons (Fsp3) is 0. The van der Waals surface area contributed by atoms with Gasteiger partial charge in [0.15, 0.2) is 16.9 Å². The number of para-hydroxylation sites is 10. The first-order valence-electron chi connectivity index (χ1n) is 40.9. The largest absolute Gasteiger partial charge is 0.456 e. The Kier molecular flexibility index (Phi) is 12.9. The van der Waals surface area contributed by atoms with E-state index in [1.165, 1.54) is 137 Å². The van der Waals surface area contributed by atoms with Gasteiger partial charge < -0.3 is 8.83 Å². The Bertz CT molecular complexity index is 10000. The highest BCUT2D eigenvalue weighted by Gasteiger charge is 2.30. The van der Waals surface area contributed by atoms with Crippen LogP contribution in [0.3, 0.4) is 0 Å². The number of furan rings is 2. The third kappa shape index (κ3) is 8.89. The first-order valence-corrected chi connectivity index (χ1v) is 43.4. The van der Waals surface area contributed by atoms with Crippen LogP contribution in [-0.2, 0) is 0 Å². The van der Waals surface area contributed by atoms with Crippen molar-refractivity contribution in [3.05, 3.63) is 334 Å². The molecule has 0 saturated heterocycles. The number of fused-ring (bicyclic) bond motifs is 39. The fourth-order valence-electron chi connectivity index (χ4n) is 20.5. The first kappa shape index (κ1) is 65.5. The van der Waals surface area contributed by atoms with Crippen molar-refractivity contribution < 1.29 is 8.83 Å². The van der Waals surface area contributed by atoms with Crippen molar-refractivity contribution in [1.29, 1.82) is 0 Å². The molecule has 11 nitrogen and oxygen atoms in total. The van der Waals surface area contributed by atoms with E-state index in [4.69, 9.17) is 38.7 Å². The minimum absolute atomic E-state index is 0.901. The summed E-state index contributed by atoms with van der Waals surface area (Å²) in [6, 6.07) is 118. The van der Waals surface area contributed by atoms with E-state index < -0.39 is 0 Å². The molecule has 122 heavy (non-hydrogen) atoms. The Morgan fingerprint density at radius 2 is 0.574 bits per heavy atom. The van der Waals surface area contributed by atoms with Crippen LogP contribution in [0.2, 0.25) is 0 Å². The molecule has 17 aromatic carbocycles. The van der Waals surface area contributed by atoms with Crippen LogP contribution in [0.5, 0.6) is 0 Å². The molecule has 0 spiro atoms. The average Bonchev–Trinajstić information content (AvgIpc) is 1.54. The van der Waals surface area contributed by atoms with Gasteiger partial charge in [-0.3, -0.25) is 13.2 Å². The standard InChI is InChI=1S/2C38H19N3OS.C32H17N3S/c1-5-14-29-22(8-1)25-18-20(16-17-30(25)42-29)21-10-7-11-24-34-33-23-9-2-6-15-31(23)43-32(33)19-26-35-38(41(36(21)24)37(26)34)40-28-13-4-3-12-27(28)39-35;1-5-11-30-22(7-1)25-17-20(14-16-31(25)42-30)21-13-15-23-29(18-21)41-37-26(36-38(41)40-28-10-4-3-9-27(28)39-36)19-33-34(35(23)37)24-8-2-6-12-32(24)43-33;1-2-8-18(9-3-1)19-14-15-21-26(16-19)36-27-17-22-30-32(34-24-12-6-5-11-23(24)33-30)35-25-13-7-4-10-20(25)29(28(21)27)31(22)35/h2*1-19H;1-17H. The molecule has 0 amide bonds. The molecule has 0 aliphatic carbocycles. The lowest BCUT2D eigenvalue weighted by atomic mass is 9.98. The van der Waals surface area contributed by atoms with Gasteiger partial charge in [0.25, 0.3) is 0 Å². The summed E-state index contributed by atoms with van der Waals surface area (Å²) >= 11 is 5.58. The lowest BCUT2D eigenvalue weighted by Crippen LogP contribution is -1.90. The third-order valence-electron chi connectivity index (χ3n) is 25.7. The van der Waals surface area contributed by atoms with Gasteiger partial charge in [0.05, 0.1) is 66.2 Å². The smallest absolute Gasteiger partial charge is 0.165 e. The highest BCUT2D eigenvalue weighted by Crippen LogP contribution is 2.53. The van der Waals surface area contributed by atoms with E-state index in [0.717, 1.165) is 149 Å². The van der Waals surface area contributed by atoms with Gasteiger partial charge in [-0.05, 0) is 149 Å². The molecule has 0 bridgehead atoms. The van der Waals surface area contributed by atoms with Crippen molar-refractivity contribution in [1.82, 2.24) is 43.1 Å². The van der Waals surface area contributed by atoms with E-state index in [2.05, 4.69) is 280 Å². The number of hydrogen-bond donors (Lipinski definition) is 0.